The summed E-state index contributed by atoms with van der Waals surface area (Å²) in [4.78, 5) is 25.4. The number of aromatic nitrogens is 3. The molecule has 0 saturated carbocycles. The lowest BCUT2D eigenvalue weighted by Crippen LogP contribution is -2.54. The van der Waals surface area contributed by atoms with Gasteiger partial charge in [-0.2, -0.15) is 0 Å². The lowest BCUT2D eigenvalue weighted by Gasteiger charge is -2.28. The maximum absolute atomic E-state index is 12.8. The van der Waals surface area contributed by atoms with Gasteiger partial charge in [0, 0.05) is 19.0 Å². The molecule has 0 radical (unpaired) electrons. The smallest absolute Gasteiger partial charge is 0.331 e. The quantitative estimate of drug-likeness (QED) is 0.676. The van der Waals surface area contributed by atoms with Gasteiger partial charge in [-0.05, 0) is 37.6 Å². The van der Waals surface area contributed by atoms with Gasteiger partial charge < -0.3 is 10.1 Å². The standard InChI is InChI=1S/C20H22N4O3/c1-4-27-19(26)20(2,13-14-8-6-5-7-9-14)21-18(25)15-10-11-17-16(12-15)22-23-24(17)3/h5-12H,4,13H2,1-3H3,(H,21,25)/t20-/m1/s1. The van der Waals surface area contributed by atoms with Crippen molar-refractivity contribution in [2.45, 2.75) is 25.8 Å². The maximum atomic E-state index is 12.8. The Morgan fingerprint density at radius 2 is 1.93 bits per heavy atom. The van der Waals surface area contributed by atoms with Gasteiger partial charge in [-0.25, -0.2) is 9.48 Å². The van der Waals surface area contributed by atoms with Crippen molar-refractivity contribution in [2.24, 2.45) is 7.05 Å². The minimum Gasteiger partial charge on any atom is -0.464 e. The van der Waals surface area contributed by atoms with Crippen LogP contribution in [-0.4, -0.2) is 39.0 Å². The summed E-state index contributed by atoms with van der Waals surface area (Å²) in [5, 5.41) is 10.8. The third-order valence-corrected chi connectivity index (χ3v) is 4.39. The SMILES string of the molecule is CCOC(=O)[C@@](C)(Cc1ccccc1)NC(=O)c1ccc2c(c1)nnn2C. The summed E-state index contributed by atoms with van der Waals surface area (Å²) in [6.45, 7) is 3.66. The normalized spacial score (nSPS) is 13.1. The Kier molecular flexibility index (Phi) is 5.21. The molecule has 0 spiro atoms. The van der Waals surface area contributed by atoms with Crippen LogP contribution >= 0.6 is 0 Å². The first-order chi connectivity index (χ1) is 12.9. The summed E-state index contributed by atoms with van der Waals surface area (Å²) in [6, 6.07) is 14.6. The summed E-state index contributed by atoms with van der Waals surface area (Å²) >= 11 is 0. The highest BCUT2D eigenvalue weighted by Crippen LogP contribution is 2.18. The number of ether oxygens (including phenoxy) is 1. The van der Waals surface area contributed by atoms with Gasteiger partial charge in [0.15, 0.2) is 0 Å². The van der Waals surface area contributed by atoms with Crippen LogP contribution < -0.4 is 5.32 Å². The van der Waals surface area contributed by atoms with Crippen LogP contribution in [0.3, 0.4) is 0 Å². The van der Waals surface area contributed by atoms with Gasteiger partial charge in [0.1, 0.15) is 11.1 Å². The molecule has 140 valence electrons. The van der Waals surface area contributed by atoms with Crippen LogP contribution in [0.2, 0.25) is 0 Å². The third-order valence-electron chi connectivity index (χ3n) is 4.39. The molecule has 0 fully saturated rings. The number of benzene rings is 2. The van der Waals surface area contributed by atoms with E-state index in [9.17, 15) is 9.59 Å². The fraction of sp³-hybridized carbons (Fsp3) is 0.300. The van der Waals surface area contributed by atoms with E-state index in [0.29, 0.717) is 17.5 Å². The van der Waals surface area contributed by atoms with Crippen LogP contribution in [0.15, 0.2) is 48.5 Å². The Labute approximate surface area is 157 Å². The van der Waals surface area contributed by atoms with Crippen LogP contribution in [0.5, 0.6) is 0 Å². The van der Waals surface area contributed by atoms with Crippen molar-refractivity contribution in [1.82, 2.24) is 20.3 Å². The Morgan fingerprint density at radius 3 is 2.63 bits per heavy atom. The monoisotopic (exact) mass is 366 g/mol. The summed E-state index contributed by atoms with van der Waals surface area (Å²) in [5.41, 5.74) is 1.59. The summed E-state index contributed by atoms with van der Waals surface area (Å²) in [5.74, 6) is -0.836. The Balaban J connectivity index is 1.87. The highest BCUT2D eigenvalue weighted by Gasteiger charge is 2.37. The fourth-order valence-corrected chi connectivity index (χ4v) is 2.97. The van der Waals surface area contributed by atoms with E-state index in [4.69, 9.17) is 4.74 Å². The molecular formula is C20H22N4O3. The van der Waals surface area contributed by atoms with Crippen molar-refractivity contribution in [3.05, 3.63) is 59.7 Å². The van der Waals surface area contributed by atoms with Crippen molar-refractivity contribution in [1.29, 1.82) is 0 Å². The van der Waals surface area contributed by atoms with E-state index in [2.05, 4.69) is 15.6 Å². The number of nitrogens with one attached hydrogen (secondary N) is 1. The van der Waals surface area contributed by atoms with E-state index >= 15 is 0 Å². The second-order valence-electron chi connectivity index (χ2n) is 6.59. The molecule has 1 amide bonds. The molecule has 1 N–H and O–H groups in total. The predicted molar refractivity (Wildman–Crippen MR) is 101 cm³/mol. The number of aryl methyl sites for hydroxylation is 1. The number of fused-ring (bicyclic) bond motifs is 1. The zero-order valence-corrected chi connectivity index (χ0v) is 15.6. The molecule has 0 unspecified atom stereocenters. The molecule has 1 aromatic heterocycles. The van der Waals surface area contributed by atoms with Gasteiger partial charge in [-0.3, -0.25) is 4.79 Å². The van der Waals surface area contributed by atoms with E-state index < -0.39 is 11.5 Å². The highest BCUT2D eigenvalue weighted by atomic mass is 16.5. The van der Waals surface area contributed by atoms with Crippen molar-refractivity contribution < 1.29 is 14.3 Å². The molecule has 7 nitrogen and oxygen atoms in total. The second-order valence-corrected chi connectivity index (χ2v) is 6.59. The molecule has 0 saturated heterocycles. The van der Waals surface area contributed by atoms with E-state index in [-0.39, 0.29) is 12.5 Å². The number of nitrogens with zero attached hydrogens (tertiary/aromatic N) is 3. The molecule has 27 heavy (non-hydrogen) atoms. The maximum Gasteiger partial charge on any atom is 0.331 e. The van der Waals surface area contributed by atoms with Gasteiger partial charge >= 0.3 is 5.97 Å². The van der Waals surface area contributed by atoms with E-state index in [1.807, 2.05) is 30.3 Å². The van der Waals surface area contributed by atoms with Crippen LogP contribution in [0.4, 0.5) is 0 Å². The number of esters is 1. The van der Waals surface area contributed by atoms with E-state index in [0.717, 1.165) is 11.1 Å². The van der Waals surface area contributed by atoms with Crippen LogP contribution in [-0.2, 0) is 23.0 Å². The van der Waals surface area contributed by atoms with Crippen LogP contribution in [0, 0.1) is 0 Å². The van der Waals surface area contributed by atoms with E-state index in [1.165, 1.54) is 0 Å². The Hall–Kier alpha value is -3.22. The Morgan fingerprint density at radius 1 is 1.19 bits per heavy atom. The summed E-state index contributed by atoms with van der Waals surface area (Å²) in [7, 11) is 1.78. The number of hydrogen-bond acceptors (Lipinski definition) is 5. The summed E-state index contributed by atoms with van der Waals surface area (Å²) < 4.78 is 6.84. The molecule has 1 atom stereocenters. The van der Waals surface area contributed by atoms with Crippen LogP contribution in [0.1, 0.15) is 29.8 Å². The number of rotatable bonds is 6. The lowest BCUT2D eigenvalue weighted by molar-refractivity contribution is -0.150. The molecule has 7 heteroatoms. The molecule has 2 aromatic carbocycles. The first-order valence-electron chi connectivity index (χ1n) is 8.76. The number of hydrogen-bond donors (Lipinski definition) is 1. The minimum absolute atomic E-state index is 0.241. The molecule has 0 aliphatic carbocycles. The lowest BCUT2D eigenvalue weighted by atomic mass is 9.92. The average Bonchev–Trinajstić information content (AvgIpc) is 3.03. The van der Waals surface area contributed by atoms with Crippen molar-refractivity contribution in [2.75, 3.05) is 6.61 Å². The highest BCUT2D eigenvalue weighted by molar-refractivity contribution is 6.00. The van der Waals surface area contributed by atoms with Gasteiger partial charge in [-0.1, -0.05) is 35.5 Å². The number of amides is 1. The molecule has 0 bridgehead atoms. The van der Waals surface area contributed by atoms with Gasteiger partial charge in [0.25, 0.3) is 5.91 Å². The van der Waals surface area contributed by atoms with Crippen molar-refractivity contribution in [3.8, 4) is 0 Å². The first kappa shape index (κ1) is 18.6. The summed E-state index contributed by atoms with van der Waals surface area (Å²) in [6.07, 6.45) is 0.325. The van der Waals surface area contributed by atoms with Gasteiger partial charge in [-0.15, -0.1) is 5.10 Å². The first-order valence-corrected chi connectivity index (χ1v) is 8.76. The van der Waals surface area contributed by atoms with E-state index in [1.54, 1.807) is 43.8 Å². The molecule has 0 aliphatic heterocycles. The van der Waals surface area contributed by atoms with Crippen molar-refractivity contribution in [3.63, 3.8) is 0 Å². The molecule has 1 heterocycles. The van der Waals surface area contributed by atoms with Gasteiger partial charge in [0.2, 0.25) is 0 Å². The number of carbonyl (C=O) groups is 2. The second kappa shape index (κ2) is 7.57. The Bertz CT molecular complexity index is 968. The van der Waals surface area contributed by atoms with Crippen LogP contribution in [0.25, 0.3) is 11.0 Å². The topological polar surface area (TPSA) is 86.1 Å². The zero-order chi connectivity index (χ0) is 19.4. The largest absolute Gasteiger partial charge is 0.464 e. The van der Waals surface area contributed by atoms with Crippen molar-refractivity contribution >= 4 is 22.9 Å². The fourth-order valence-electron chi connectivity index (χ4n) is 2.97. The minimum atomic E-state index is -1.19. The third kappa shape index (κ3) is 3.97. The molecular weight excluding hydrogens is 344 g/mol. The predicted octanol–water partition coefficient (Wildman–Crippen LogP) is 2.26. The zero-order valence-electron chi connectivity index (χ0n) is 15.6. The molecule has 0 aliphatic rings. The number of carbonyl (C=O) groups excluding carboxylic acids is 2. The molecule has 3 rings (SSSR count). The molecule has 3 aromatic rings. The average molecular weight is 366 g/mol. The van der Waals surface area contributed by atoms with Gasteiger partial charge in [0.05, 0.1) is 12.1 Å².